The molecule has 0 fully saturated rings. The molecule has 0 spiro atoms. The lowest BCUT2D eigenvalue weighted by molar-refractivity contribution is -1.07. The van der Waals surface area contributed by atoms with Crippen molar-refractivity contribution in [2.24, 2.45) is 0 Å². The predicted octanol–water partition coefficient (Wildman–Crippen LogP) is 3.55. The summed E-state index contributed by atoms with van der Waals surface area (Å²) in [4.78, 5) is 0. The fourth-order valence-corrected chi connectivity index (χ4v) is 5.98. The fraction of sp³-hybridized carbons (Fsp3) is 0.250. The summed E-state index contributed by atoms with van der Waals surface area (Å²) in [5.74, 6) is -0.119. The van der Waals surface area contributed by atoms with Gasteiger partial charge in [0.05, 0.1) is 11.3 Å². The minimum atomic E-state index is -0.721. The largest absolute Gasteiger partial charge is 0.600 e. The molecule has 0 aromatic heterocycles. The Balaban J connectivity index is 1.94. The lowest BCUT2D eigenvalue weighted by atomic mass is 9.43. The van der Waals surface area contributed by atoms with Crippen molar-refractivity contribution >= 4 is 0 Å². The monoisotopic (exact) mass is 357 g/mol. The van der Waals surface area contributed by atoms with Crippen molar-refractivity contribution in [3.63, 3.8) is 0 Å². The minimum absolute atomic E-state index is 0.119. The normalized spacial score (nSPS) is 31.9. The van der Waals surface area contributed by atoms with Gasteiger partial charge in [-0.15, -0.1) is 0 Å². The van der Waals surface area contributed by atoms with Crippen LogP contribution in [0, 0.1) is 5.21 Å². The van der Waals surface area contributed by atoms with E-state index in [0.717, 1.165) is 16.7 Å². The van der Waals surface area contributed by atoms with Crippen molar-refractivity contribution in [3.8, 4) is 0 Å². The first-order valence-corrected chi connectivity index (χ1v) is 9.48. The Kier molecular flexibility index (Phi) is 3.41. The van der Waals surface area contributed by atoms with E-state index in [-0.39, 0.29) is 11.3 Å². The Hall–Kier alpha value is -2.46. The molecule has 0 aliphatic heterocycles. The van der Waals surface area contributed by atoms with Crippen LogP contribution in [-0.2, 0) is 10.8 Å². The predicted molar refractivity (Wildman–Crippen MR) is 105 cm³/mol. The molecule has 6 rings (SSSR count). The van der Waals surface area contributed by atoms with Crippen LogP contribution in [0.4, 0.5) is 0 Å². The van der Waals surface area contributed by atoms with E-state index in [0.29, 0.717) is 0 Å². The number of rotatable bonds is 2. The second kappa shape index (κ2) is 5.52. The number of hydroxylamine groups is 2. The maximum atomic E-state index is 12.7. The zero-order chi connectivity index (χ0) is 18.8. The van der Waals surface area contributed by atoms with Gasteiger partial charge in [-0.3, -0.25) is 0 Å². The lowest BCUT2D eigenvalue weighted by Crippen LogP contribution is -3.13. The summed E-state index contributed by atoms with van der Waals surface area (Å²) in [6.45, 7) is 4.36. The molecule has 3 aliphatic rings. The van der Waals surface area contributed by atoms with Gasteiger partial charge in [0.15, 0.2) is 0 Å². The first kappa shape index (κ1) is 16.7. The Morgan fingerprint density at radius 2 is 1.11 bits per heavy atom. The average Bonchev–Trinajstić information content (AvgIpc) is 2.70. The van der Waals surface area contributed by atoms with Gasteiger partial charge in [0.1, 0.15) is 6.04 Å². The summed E-state index contributed by atoms with van der Waals surface area (Å²) in [6, 6.07) is 26.5. The standard InChI is InChI=1S/C24H23NO2/c1-23-17-12-6-8-14-19(17)24(2,20-15-9-7-13-18(20)23)22(25(26)27)21(23)16-10-4-3-5-11-16/h3-15,21-22,25-26H,1-2H3/t21-,22+,23?,24?/m1/s1. The molecule has 0 heterocycles. The van der Waals surface area contributed by atoms with Crippen LogP contribution in [0.2, 0.25) is 0 Å². The van der Waals surface area contributed by atoms with Gasteiger partial charge < -0.3 is 5.21 Å². The minimum Gasteiger partial charge on any atom is -0.600 e. The van der Waals surface area contributed by atoms with E-state index in [1.54, 1.807) is 0 Å². The molecule has 0 saturated carbocycles. The van der Waals surface area contributed by atoms with Gasteiger partial charge in [0.2, 0.25) is 0 Å². The molecule has 3 aliphatic carbocycles. The molecule has 27 heavy (non-hydrogen) atoms. The topological polar surface area (TPSA) is 47.7 Å². The Labute approximate surface area is 159 Å². The van der Waals surface area contributed by atoms with Crippen molar-refractivity contribution in [1.29, 1.82) is 0 Å². The van der Waals surface area contributed by atoms with E-state index in [1.807, 2.05) is 30.3 Å². The van der Waals surface area contributed by atoms with Crippen LogP contribution in [0.15, 0.2) is 78.9 Å². The highest BCUT2D eigenvalue weighted by Gasteiger charge is 2.65. The lowest BCUT2D eigenvalue weighted by Gasteiger charge is -2.61. The zero-order valence-electron chi connectivity index (χ0n) is 15.5. The number of hydrogen-bond acceptors (Lipinski definition) is 2. The van der Waals surface area contributed by atoms with E-state index in [2.05, 4.69) is 62.4 Å². The third-order valence-corrected chi connectivity index (χ3v) is 7.09. The maximum absolute atomic E-state index is 12.7. The molecule has 0 amide bonds. The quantitative estimate of drug-likeness (QED) is 0.689. The summed E-state index contributed by atoms with van der Waals surface area (Å²) in [5, 5.41) is 22.4. The van der Waals surface area contributed by atoms with Crippen LogP contribution >= 0.6 is 0 Å². The highest BCUT2D eigenvalue weighted by Crippen LogP contribution is 2.63. The molecule has 136 valence electrons. The zero-order valence-corrected chi connectivity index (χ0v) is 15.5. The smallest absolute Gasteiger partial charge is 0.138 e. The number of nitrogens with one attached hydrogen (secondary N) is 1. The van der Waals surface area contributed by atoms with Crippen LogP contribution in [0.5, 0.6) is 0 Å². The van der Waals surface area contributed by atoms with Crippen molar-refractivity contribution in [3.05, 3.63) is 112 Å². The summed E-state index contributed by atoms with van der Waals surface area (Å²) in [5.41, 5.74) is 5.00. The first-order valence-electron chi connectivity index (χ1n) is 9.48. The van der Waals surface area contributed by atoms with Crippen molar-refractivity contribution < 1.29 is 10.4 Å². The average molecular weight is 357 g/mol. The van der Waals surface area contributed by atoms with Gasteiger partial charge in [0, 0.05) is 5.41 Å². The SMILES string of the molecule is CC12c3ccccc3C(C)(c3ccccc31)[C@@H]([NH+]([O-])O)[C@H]2c1ccccc1. The molecule has 2 N–H and O–H groups in total. The van der Waals surface area contributed by atoms with Crippen LogP contribution in [-0.4, -0.2) is 11.2 Å². The van der Waals surface area contributed by atoms with Crippen LogP contribution in [0.3, 0.4) is 0 Å². The second-order valence-corrected chi connectivity index (χ2v) is 8.20. The molecule has 2 bridgehead atoms. The van der Waals surface area contributed by atoms with E-state index in [1.165, 1.54) is 11.1 Å². The van der Waals surface area contributed by atoms with Gasteiger partial charge >= 0.3 is 0 Å². The van der Waals surface area contributed by atoms with Crippen LogP contribution in [0.25, 0.3) is 0 Å². The van der Waals surface area contributed by atoms with Gasteiger partial charge in [-0.05, 0) is 34.7 Å². The molecule has 0 radical (unpaired) electrons. The molecule has 0 saturated heterocycles. The van der Waals surface area contributed by atoms with Crippen LogP contribution in [0.1, 0.15) is 47.6 Å². The Bertz CT molecular complexity index is 964. The van der Waals surface area contributed by atoms with E-state index in [4.69, 9.17) is 0 Å². The number of quaternary nitrogens is 1. The molecule has 3 atom stereocenters. The summed E-state index contributed by atoms with van der Waals surface area (Å²) >= 11 is 0. The first-order chi connectivity index (χ1) is 13.0. The molecule has 3 aromatic carbocycles. The third-order valence-electron chi connectivity index (χ3n) is 7.09. The van der Waals surface area contributed by atoms with Gasteiger partial charge in [-0.1, -0.05) is 85.8 Å². The number of hydrogen-bond donors (Lipinski definition) is 2. The number of benzene rings is 3. The Morgan fingerprint density at radius 3 is 1.56 bits per heavy atom. The van der Waals surface area contributed by atoms with Gasteiger partial charge in [0.25, 0.3) is 0 Å². The third kappa shape index (κ3) is 1.91. The molecule has 3 heteroatoms. The molecular formula is C24H23NO2. The van der Waals surface area contributed by atoms with E-state index in [9.17, 15) is 10.4 Å². The molecule has 3 aromatic rings. The fourth-order valence-electron chi connectivity index (χ4n) is 5.98. The van der Waals surface area contributed by atoms with Crippen molar-refractivity contribution in [2.75, 3.05) is 0 Å². The summed E-state index contributed by atoms with van der Waals surface area (Å²) in [7, 11) is 0. The van der Waals surface area contributed by atoms with Gasteiger partial charge in [-0.2, -0.15) is 0 Å². The summed E-state index contributed by atoms with van der Waals surface area (Å²) < 4.78 is 0. The van der Waals surface area contributed by atoms with Crippen LogP contribution < -0.4 is 5.23 Å². The summed E-state index contributed by atoms with van der Waals surface area (Å²) in [6.07, 6.45) is 0. The maximum Gasteiger partial charge on any atom is 0.138 e. The second-order valence-electron chi connectivity index (χ2n) is 8.20. The van der Waals surface area contributed by atoms with E-state index >= 15 is 0 Å². The van der Waals surface area contributed by atoms with Crippen molar-refractivity contribution in [1.82, 2.24) is 0 Å². The highest BCUT2D eigenvalue weighted by molar-refractivity contribution is 5.66. The molecule has 1 unspecified atom stereocenters. The number of fused-ring (bicyclic) bond motifs is 1. The van der Waals surface area contributed by atoms with Gasteiger partial charge in [-0.25, -0.2) is 10.4 Å². The molecular weight excluding hydrogens is 334 g/mol. The highest BCUT2D eigenvalue weighted by atomic mass is 16.8. The molecule has 3 nitrogen and oxygen atoms in total. The Morgan fingerprint density at radius 1 is 0.704 bits per heavy atom. The van der Waals surface area contributed by atoms with Crippen molar-refractivity contribution in [2.45, 2.75) is 36.6 Å². The van der Waals surface area contributed by atoms with E-state index < -0.39 is 16.7 Å².